The van der Waals surface area contributed by atoms with Gasteiger partial charge in [-0.1, -0.05) is 81.4 Å². The van der Waals surface area contributed by atoms with Crippen LogP contribution in [-0.2, 0) is 19.2 Å². The van der Waals surface area contributed by atoms with E-state index in [1.54, 1.807) is 83.8 Å². The number of carbonyl (C=O) groups excluding carboxylic acids is 6. The molecule has 0 aliphatic heterocycles. The molecule has 1 N–H and O–H groups in total. The summed E-state index contributed by atoms with van der Waals surface area (Å²) in [6.45, 7) is 5.61. The molecule has 0 unspecified atom stereocenters. The van der Waals surface area contributed by atoms with Crippen LogP contribution in [0.3, 0.4) is 0 Å². The Morgan fingerprint density at radius 2 is 0.952 bits per heavy atom. The Bertz CT molecular complexity index is 1170. The van der Waals surface area contributed by atoms with Gasteiger partial charge in [-0.2, -0.15) is 0 Å². The lowest BCUT2D eigenvalue weighted by atomic mass is 9.89. The lowest BCUT2D eigenvalue weighted by molar-refractivity contribution is -0.136. The Morgan fingerprint density at radius 1 is 0.595 bits per heavy atom. The van der Waals surface area contributed by atoms with E-state index in [-0.39, 0.29) is 67.5 Å². The topological polar surface area (TPSA) is 132 Å². The second kappa shape index (κ2) is 19.0. The molecule has 2 aromatic rings. The largest absolute Gasteiger partial charge is 0.395 e. The average molecular weight is 584 g/mol. The van der Waals surface area contributed by atoms with Gasteiger partial charge in [0.15, 0.2) is 11.6 Å². The summed E-state index contributed by atoms with van der Waals surface area (Å²) in [7, 11) is 8.15. The summed E-state index contributed by atoms with van der Waals surface area (Å²) in [6, 6.07) is 17.5. The quantitative estimate of drug-likeness (QED) is 0.336. The molecule has 10 nitrogen and oxygen atoms in total. The van der Waals surface area contributed by atoms with Gasteiger partial charge in [-0.05, 0) is 0 Å². The molecule has 0 fully saturated rings. The molecular weight excluding hydrogens is 538 g/mol. The zero-order valence-corrected chi connectivity index (χ0v) is 26.0. The van der Waals surface area contributed by atoms with Gasteiger partial charge < -0.3 is 19.8 Å². The van der Waals surface area contributed by atoms with Gasteiger partial charge in [-0.3, -0.25) is 28.8 Å². The second-order valence-corrected chi connectivity index (χ2v) is 10.9. The average Bonchev–Trinajstić information content (AvgIpc) is 2.94. The maximum atomic E-state index is 11.7. The summed E-state index contributed by atoms with van der Waals surface area (Å²) in [5.74, 6) is -0.919. The Morgan fingerprint density at radius 3 is 1.29 bits per heavy atom. The third-order valence-electron chi connectivity index (χ3n) is 5.82. The van der Waals surface area contributed by atoms with E-state index in [0.717, 1.165) is 0 Å². The molecule has 0 saturated heterocycles. The third-order valence-corrected chi connectivity index (χ3v) is 5.82. The van der Waals surface area contributed by atoms with Gasteiger partial charge in [0.2, 0.25) is 17.7 Å². The number of likely N-dealkylation sites (N-methyl/N-ethyl adjacent to an activating group) is 1. The van der Waals surface area contributed by atoms with Gasteiger partial charge in [-0.25, -0.2) is 0 Å². The van der Waals surface area contributed by atoms with Crippen molar-refractivity contribution in [1.82, 2.24) is 14.7 Å². The minimum Gasteiger partial charge on any atom is -0.395 e. The molecule has 0 aromatic heterocycles. The Hall–Kier alpha value is -4.18. The lowest BCUT2D eigenvalue weighted by Crippen LogP contribution is -2.31. The molecule has 230 valence electrons. The van der Waals surface area contributed by atoms with Crippen LogP contribution in [0.5, 0.6) is 0 Å². The van der Waals surface area contributed by atoms with Crippen LogP contribution in [0.15, 0.2) is 60.7 Å². The first-order valence-electron chi connectivity index (χ1n) is 13.5. The number of ketones is 3. The molecule has 0 spiro atoms. The van der Waals surface area contributed by atoms with Gasteiger partial charge in [0, 0.05) is 58.3 Å². The molecule has 3 amide bonds. The van der Waals surface area contributed by atoms with E-state index < -0.39 is 5.41 Å². The molecule has 42 heavy (non-hydrogen) atoms. The standard InChI is InChI=1S/C12H15NO3.C11H13NO2.C9H17NO2/c1-13(7-8-14)12(16)9-11(15)10-5-3-2-4-6-10;1-12(2)11(14)8-10(13)9-6-4-3-5-7-9;1-9(2,3)7(11)6-8(12)10(4)5/h2-6,14H,7-9H2,1H3;3-7H,8H2,1-2H3;6H2,1-5H3. The number of hydrogen-bond acceptors (Lipinski definition) is 7. The van der Waals surface area contributed by atoms with E-state index in [4.69, 9.17) is 5.11 Å². The molecule has 2 aromatic carbocycles. The van der Waals surface area contributed by atoms with Crippen LogP contribution in [0.1, 0.15) is 60.7 Å². The van der Waals surface area contributed by atoms with E-state index in [1.807, 2.05) is 32.9 Å². The Kier molecular flexibility index (Phi) is 17.1. The first kappa shape index (κ1) is 37.8. The predicted octanol–water partition coefficient (Wildman–Crippen LogP) is 3.14. The van der Waals surface area contributed by atoms with Crippen LogP contribution in [0.25, 0.3) is 0 Å². The van der Waals surface area contributed by atoms with Gasteiger partial charge >= 0.3 is 0 Å². The third kappa shape index (κ3) is 15.6. The zero-order valence-electron chi connectivity index (χ0n) is 26.0. The Balaban J connectivity index is 0.000000608. The molecule has 0 heterocycles. The number of benzene rings is 2. The highest BCUT2D eigenvalue weighted by Crippen LogP contribution is 2.16. The molecule has 0 bridgehead atoms. The highest BCUT2D eigenvalue weighted by Gasteiger charge is 2.24. The van der Waals surface area contributed by atoms with Gasteiger partial charge in [0.25, 0.3) is 0 Å². The molecule has 0 aliphatic carbocycles. The van der Waals surface area contributed by atoms with E-state index in [1.165, 1.54) is 14.7 Å². The summed E-state index contributed by atoms with van der Waals surface area (Å²) >= 11 is 0. The smallest absolute Gasteiger partial charge is 0.230 e. The summed E-state index contributed by atoms with van der Waals surface area (Å²) in [4.78, 5) is 72.5. The van der Waals surface area contributed by atoms with Crippen LogP contribution < -0.4 is 0 Å². The second-order valence-electron chi connectivity index (χ2n) is 10.9. The van der Waals surface area contributed by atoms with Gasteiger partial charge in [-0.15, -0.1) is 0 Å². The van der Waals surface area contributed by atoms with E-state index in [9.17, 15) is 28.8 Å². The highest BCUT2D eigenvalue weighted by atomic mass is 16.3. The van der Waals surface area contributed by atoms with Crippen LogP contribution in [0.2, 0.25) is 0 Å². The van der Waals surface area contributed by atoms with Crippen LogP contribution in [0.4, 0.5) is 0 Å². The van der Waals surface area contributed by atoms with Gasteiger partial charge in [0.05, 0.1) is 25.9 Å². The number of hydrogen-bond donors (Lipinski definition) is 1. The number of rotatable bonds is 10. The molecule has 10 heteroatoms. The zero-order chi connectivity index (χ0) is 32.5. The first-order valence-corrected chi connectivity index (χ1v) is 13.5. The van der Waals surface area contributed by atoms with Crippen LogP contribution in [0, 0.1) is 5.41 Å². The van der Waals surface area contributed by atoms with Crippen molar-refractivity contribution in [2.75, 3.05) is 48.4 Å². The summed E-state index contributed by atoms with van der Waals surface area (Å²) in [6.07, 6.45) is -0.200. The molecule has 0 radical (unpaired) electrons. The SMILES string of the molecule is CN(C)C(=O)CC(=O)C(C)(C)C.CN(C)C(=O)CC(=O)c1ccccc1.CN(CCO)C(=O)CC(=O)c1ccccc1. The summed E-state index contributed by atoms with van der Waals surface area (Å²) in [5.41, 5.74) is 0.710. The summed E-state index contributed by atoms with van der Waals surface area (Å²) in [5, 5.41) is 8.66. The normalized spacial score (nSPS) is 10.1. The number of aliphatic hydroxyl groups excluding tert-OH is 1. The highest BCUT2D eigenvalue weighted by molar-refractivity contribution is 6.07. The van der Waals surface area contributed by atoms with Crippen molar-refractivity contribution >= 4 is 35.1 Å². The summed E-state index contributed by atoms with van der Waals surface area (Å²) < 4.78 is 0. The molecular formula is C32H45N3O7. The maximum Gasteiger partial charge on any atom is 0.230 e. The van der Waals surface area contributed by atoms with E-state index >= 15 is 0 Å². The minimum atomic E-state index is -0.411. The minimum absolute atomic E-state index is 0.0104. The molecule has 2 rings (SSSR count). The van der Waals surface area contributed by atoms with Gasteiger partial charge in [0.1, 0.15) is 5.78 Å². The monoisotopic (exact) mass is 583 g/mol. The van der Waals surface area contributed by atoms with Crippen molar-refractivity contribution in [3.63, 3.8) is 0 Å². The number of aliphatic hydroxyl groups is 1. The predicted molar refractivity (Wildman–Crippen MR) is 162 cm³/mol. The maximum absolute atomic E-state index is 11.7. The van der Waals surface area contributed by atoms with Crippen molar-refractivity contribution in [3.05, 3.63) is 71.8 Å². The molecule has 0 saturated carbocycles. The number of nitrogens with zero attached hydrogens (tertiary/aromatic N) is 3. The lowest BCUT2D eigenvalue weighted by Gasteiger charge is -2.17. The van der Waals surface area contributed by atoms with Crippen molar-refractivity contribution in [2.24, 2.45) is 5.41 Å². The fourth-order valence-electron chi connectivity index (χ4n) is 2.86. The fourth-order valence-corrected chi connectivity index (χ4v) is 2.86. The van der Waals surface area contributed by atoms with E-state index in [2.05, 4.69) is 0 Å². The number of Topliss-reactive ketones (excluding diaryl/α,β-unsaturated/α-hetero) is 3. The van der Waals surface area contributed by atoms with Crippen molar-refractivity contribution in [2.45, 2.75) is 40.0 Å². The number of carbonyl (C=O) groups is 6. The first-order chi connectivity index (χ1) is 19.5. The van der Waals surface area contributed by atoms with E-state index in [0.29, 0.717) is 11.1 Å². The van der Waals surface area contributed by atoms with Crippen molar-refractivity contribution < 1.29 is 33.9 Å². The molecule has 0 aliphatic rings. The number of amides is 3. The molecule has 0 atom stereocenters. The van der Waals surface area contributed by atoms with Crippen LogP contribution in [-0.4, -0.2) is 103 Å². The fraction of sp³-hybridized carbons (Fsp3) is 0.438. The van der Waals surface area contributed by atoms with Crippen LogP contribution >= 0.6 is 0 Å². The van der Waals surface area contributed by atoms with Crippen molar-refractivity contribution in [3.8, 4) is 0 Å². The Labute approximate surface area is 249 Å². The van der Waals surface area contributed by atoms with Crippen molar-refractivity contribution in [1.29, 1.82) is 0 Å².